The first-order chi connectivity index (χ1) is 9.61. The number of aliphatic carboxylic acids is 1. The molecule has 106 valence electrons. The standard InChI is InChI=1S/C13H14N2O5/c1-19-11(13(17)18)7-14-12(16)6-9-8-4-2-3-5-10(8)20-15-9/h2-5,11H,6-7H2,1H3,(H,14,16)(H,17,18). The van der Waals surface area contributed by atoms with E-state index in [4.69, 9.17) is 14.4 Å². The van der Waals surface area contributed by atoms with Crippen molar-refractivity contribution in [3.8, 4) is 0 Å². The number of nitrogens with zero attached hydrogens (tertiary/aromatic N) is 1. The average molecular weight is 278 g/mol. The van der Waals surface area contributed by atoms with Gasteiger partial charge in [-0.15, -0.1) is 0 Å². The molecule has 2 aromatic rings. The van der Waals surface area contributed by atoms with Gasteiger partial charge in [-0.05, 0) is 12.1 Å². The lowest BCUT2D eigenvalue weighted by atomic mass is 10.1. The molecule has 1 aromatic heterocycles. The third kappa shape index (κ3) is 3.12. The Hall–Kier alpha value is -2.41. The summed E-state index contributed by atoms with van der Waals surface area (Å²) in [5.41, 5.74) is 1.12. The molecule has 0 aliphatic carbocycles. The van der Waals surface area contributed by atoms with Gasteiger partial charge in [0.25, 0.3) is 0 Å². The Labute approximate surface area is 114 Å². The van der Waals surface area contributed by atoms with E-state index >= 15 is 0 Å². The minimum absolute atomic E-state index is 0.0209. The molecule has 0 bridgehead atoms. The van der Waals surface area contributed by atoms with Gasteiger partial charge in [-0.2, -0.15) is 0 Å². The molecule has 1 heterocycles. The van der Waals surface area contributed by atoms with Crippen LogP contribution >= 0.6 is 0 Å². The third-order valence-electron chi connectivity index (χ3n) is 2.82. The van der Waals surface area contributed by atoms with Crippen LogP contribution in [-0.4, -0.2) is 41.9 Å². The second-order valence-electron chi connectivity index (χ2n) is 4.17. The van der Waals surface area contributed by atoms with Gasteiger partial charge >= 0.3 is 5.97 Å². The zero-order valence-corrected chi connectivity index (χ0v) is 10.8. The van der Waals surface area contributed by atoms with E-state index < -0.39 is 12.1 Å². The summed E-state index contributed by atoms with van der Waals surface area (Å²) in [6, 6.07) is 7.21. The molecule has 0 fully saturated rings. The zero-order chi connectivity index (χ0) is 14.5. The van der Waals surface area contributed by atoms with Gasteiger partial charge in [-0.1, -0.05) is 17.3 Å². The van der Waals surface area contributed by atoms with Crippen LogP contribution in [0.1, 0.15) is 5.69 Å². The normalized spacial score (nSPS) is 12.2. The van der Waals surface area contributed by atoms with Gasteiger partial charge in [-0.3, -0.25) is 4.79 Å². The molecule has 2 N–H and O–H groups in total. The number of carboxylic acid groups (broad SMARTS) is 1. The van der Waals surface area contributed by atoms with Crippen molar-refractivity contribution in [1.82, 2.24) is 10.5 Å². The number of para-hydroxylation sites is 1. The van der Waals surface area contributed by atoms with Crippen LogP contribution in [0.3, 0.4) is 0 Å². The lowest BCUT2D eigenvalue weighted by Crippen LogP contribution is -2.38. The van der Waals surface area contributed by atoms with E-state index in [0.29, 0.717) is 11.3 Å². The van der Waals surface area contributed by atoms with E-state index in [-0.39, 0.29) is 18.9 Å². The topological polar surface area (TPSA) is 102 Å². The number of aromatic nitrogens is 1. The minimum atomic E-state index is -1.13. The molecule has 0 radical (unpaired) electrons. The summed E-state index contributed by atoms with van der Waals surface area (Å²) < 4.78 is 9.81. The van der Waals surface area contributed by atoms with Crippen LogP contribution in [0.25, 0.3) is 11.0 Å². The molecule has 7 nitrogen and oxygen atoms in total. The summed E-state index contributed by atoms with van der Waals surface area (Å²) in [5, 5.41) is 15.9. The Morgan fingerprint density at radius 2 is 2.20 bits per heavy atom. The fraction of sp³-hybridized carbons (Fsp3) is 0.308. The number of amides is 1. The Morgan fingerprint density at radius 1 is 1.45 bits per heavy atom. The van der Waals surface area contributed by atoms with Crippen molar-refractivity contribution in [2.24, 2.45) is 0 Å². The number of carbonyl (C=O) groups is 2. The highest BCUT2D eigenvalue weighted by atomic mass is 16.5. The largest absolute Gasteiger partial charge is 0.479 e. The van der Waals surface area contributed by atoms with E-state index in [2.05, 4.69) is 10.5 Å². The molecular weight excluding hydrogens is 264 g/mol. The van der Waals surface area contributed by atoms with Crippen molar-refractivity contribution in [3.05, 3.63) is 30.0 Å². The minimum Gasteiger partial charge on any atom is -0.479 e. The molecule has 0 aliphatic rings. The summed E-state index contributed by atoms with van der Waals surface area (Å²) >= 11 is 0. The molecule has 1 aromatic carbocycles. The molecule has 1 unspecified atom stereocenters. The van der Waals surface area contributed by atoms with Crippen LogP contribution in [0.2, 0.25) is 0 Å². The number of carboxylic acids is 1. The van der Waals surface area contributed by atoms with Gasteiger partial charge in [0.1, 0.15) is 5.69 Å². The zero-order valence-electron chi connectivity index (χ0n) is 10.8. The number of carbonyl (C=O) groups excluding carboxylic acids is 1. The Morgan fingerprint density at radius 3 is 2.90 bits per heavy atom. The highest BCUT2D eigenvalue weighted by Crippen LogP contribution is 2.17. The van der Waals surface area contributed by atoms with Gasteiger partial charge < -0.3 is 19.7 Å². The quantitative estimate of drug-likeness (QED) is 0.801. The van der Waals surface area contributed by atoms with Crippen LogP contribution in [0.15, 0.2) is 28.8 Å². The monoisotopic (exact) mass is 278 g/mol. The fourth-order valence-corrected chi connectivity index (χ4v) is 1.76. The molecule has 0 saturated carbocycles. The number of rotatable bonds is 6. The number of hydrogen-bond donors (Lipinski definition) is 2. The average Bonchev–Trinajstić information content (AvgIpc) is 2.82. The lowest BCUT2D eigenvalue weighted by Gasteiger charge is -2.10. The highest BCUT2D eigenvalue weighted by molar-refractivity contribution is 5.86. The maximum Gasteiger partial charge on any atom is 0.334 e. The van der Waals surface area contributed by atoms with E-state index in [1.165, 1.54) is 7.11 Å². The number of ether oxygens (including phenoxy) is 1. The van der Waals surface area contributed by atoms with Crippen molar-refractivity contribution < 1.29 is 24.0 Å². The Kier molecular flexibility index (Phi) is 4.31. The summed E-state index contributed by atoms with van der Waals surface area (Å²) in [6.45, 7) is -0.0968. The molecule has 1 atom stereocenters. The second kappa shape index (κ2) is 6.16. The first-order valence-corrected chi connectivity index (χ1v) is 5.97. The molecule has 20 heavy (non-hydrogen) atoms. The first kappa shape index (κ1) is 14.0. The number of fused-ring (bicyclic) bond motifs is 1. The van der Waals surface area contributed by atoms with Gasteiger partial charge in [-0.25, -0.2) is 4.79 Å². The molecule has 0 aliphatic heterocycles. The summed E-state index contributed by atoms with van der Waals surface area (Å²) in [4.78, 5) is 22.5. The molecule has 1 amide bonds. The molecule has 0 saturated heterocycles. The highest BCUT2D eigenvalue weighted by Gasteiger charge is 2.18. The summed E-state index contributed by atoms with van der Waals surface area (Å²) in [5.74, 6) is -1.47. The maximum absolute atomic E-state index is 11.8. The summed E-state index contributed by atoms with van der Waals surface area (Å²) in [7, 11) is 1.27. The predicted molar refractivity (Wildman–Crippen MR) is 69.2 cm³/mol. The van der Waals surface area contributed by atoms with Crippen LogP contribution in [-0.2, 0) is 20.7 Å². The smallest absolute Gasteiger partial charge is 0.334 e. The van der Waals surface area contributed by atoms with Crippen molar-refractivity contribution in [3.63, 3.8) is 0 Å². The van der Waals surface area contributed by atoms with Gasteiger partial charge in [0.15, 0.2) is 11.7 Å². The van der Waals surface area contributed by atoms with Crippen LogP contribution in [0.4, 0.5) is 0 Å². The van der Waals surface area contributed by atoms with Gasteiger partial charge in [0, 0.05) is 12.5 Å². The van der Waals surface area contributed by atoms with Crippen LogP contribution in [0, 0.1) is 0 Å². The van der Waals surface area contributed by atoms with E-state index in [0.717, 1.165) is 5.39 Å². The molecule has 7 heteroatoms. The number of benzene rings is 1. The SMILES string of the molecule is COC(CNC(=O)Cc1noc2ccccc12)C(=O)O. The van der Waals surface area contributed by atoms with Crippen LogP contribution in [0.5, 0.6) is 0 Å². The molecular formula is C13H14N2O5. The van der Waals surface area contributed by atoms with Crippen LogP contribution < -0.4 is 5.32 Å². The van der Waals surface area contributed by atoms with Crippen molar-refractivity contribution in [2.45, 2.75) is 12.5 Å². The predicted octanol–water partition coefficient (Wildman–Crippen LogP) is 0.586. The Bertz CT molecular complexity index is 622. The summed E-state index contributed by atoms with van der Waals surface area (Å²) in [6.07, 6.45) is -1.04. The third-order valence-corrected chi connectivity index (χ3v) is 2.82. The van der Waals surface area contributed by atoms with E-state index in [1.54, 1.807) is 6.07 Å². The van der Waals surface area contributed by atoms with Crippen molar-refractivity contribution >= 4 is 22.8 Å². The van der Waals surface area contributed by atoms with E-state index in [9.17, 15) is 9.59 Å². The van der Waals surface area contributed by atoms with Gasteiger partial charge in [0.2, 0.25) is 5.91 Å². The van der Waals surface area contributed by atoms with Gasteiger partial charge in [0.05, 0.1) is 13.0 Å². The second-order valence-corrected chi connectivity index (χ2v) is 4.17. The Balaban J connectivity index is 1.96. The van der Waals surface area contributed by atoms with Crippen molar-refractivity contribution in [1.29, 1.82) is 0 Å². The maximum atomic E-state index is 11.8. The molecule has 0 spiro atoms. The van der Waals surface area contributed by atoms with E-state index in [1.807, 2.05) is 18.2 Å². The number of methoxy groups -OCH3 is 1. The number of hydrogen-bond acceptors (Lipinski definition) is 5. The van der Waals surface area contributed by atoms with Crippen molar-refractivity contribution in [2.75, 3.05) is 13.7 Å². The first-order valence-electron chi connectivity index (χ1n) is 5.97. The fourth-order valence-electron chi connectivity index (χ4n) is 1.76. The lowest BCUT2D eigenvalue weighted by molar-refractivity contribution is -0.148. The number of nitrogens with one attached hydrogen (secondary N) is 1. The molecule has 2 rings (SSSR count).